The standard InChI is InChI=1S/C14H15ClN2O2S/c1-17(8-10-3-2-6-19-10)14(18)9-20-11-4-5-13(16)12(15)7-11/h2-7H,8-9,16H2,1H3. The number of carbonyl (C=O) groups is 1. The summed E-state index contributed by atoms with van der Waals surface area (Å²) in [7, 11) is 1.75. The largest absolute Gasteiger partial charge is 0.467 e. The molecule has 2 rings (SSSR count). The van der Waals surface area contributed by atoms with Gasteiger partial charge in [-0.3, -0.25) is 4.79 Å². The van der Waals surface area contributed by atoms with Gasteiger partial charge in [0, 0.05) is 11.9 Å². The quantitative estimate of drug-likeness (QED) is 0.680. The first-order chi connectivity index (χ1) is 9.56. The Morgan fingerprint density at radius 3 is 2.90 bits per heavy atom. The molecule has 0 saturated heterocycles. The number of nitrogens with zero attached hydrogens (tertiary/aromatic N) is 1. The number of nitrogen functional groups attached to an aromatic ring is 1. The van der Waals surface area contributed by atoms with E-state index < -0.39 is 0 Å². The maximum absolute atomic E-state index is 12.0. The van der Waals surface area contributed by atoms with Crippen LogP contribution in [0.5, 0.6) is 0 Å². The van der Waals surface area contributed by atoms with Crippen molar-refractivity contribution in [3.05, 3.63) is 47.4 Å². The molecule has 1 heterocycles. The minimum absolute atomic E-state index is 0.0272. The number of carbonyl (C=O) groups excluding carboxylic acids is 1. The van der Waals surface area contributed by atoms with E-state index in [-0.39, 0.29) is 5.91 Å². The fourth-order valence-corrected chi connectivity index (χ4v) is 2.70. The number of hydrogen-bond donors (Lipinski definition) is 1. The minimum atomic E-state index is 0.0272. The molecule has 2 aromatic rings. The molecule has 1 aromatic carbocycles. The Morgan fingerprint density at radius 1 is 1.45 bits per heavy atom. The average Bonchev–Trinajstić information content (AvgIpc) is 2.92. The number of rotatable bonds is 5. The summed E-state index contributed by atoms with van der Waals surface area (Å²) in [6.07, 6.45) is 1.60. The third-order valence-electron chi connectivity index (χ3n) is 2.73. The molecule has 0 aliphatic rings. The van der Waals surface area contributed by atoms with Gasteiger partial charge in [0.2, 0.25) is 5.91 Å². The number of hydrogen-bond acceptors (Lipinski definition) is 4. The SMILES string of the molecule is CN(Cc1ccco1)C(=O)CSc1ccc(N)c(Cl)c1. The van der Waals surface area contributed by atoms with Gasteiger partial charge in [0.05, 0.1) is 29.3 Å². The summed E-state index contributed by atoms with van der Waals surface area (Å²) in [6.45, 7) is 0.467. The second-order valence-corrected chi connectivity index (χ2v) is 5.76. The molecule has 1 aromatic heterocycles. The lowest BCUT2D eigenvalue weighted by Gasteiger charge is -2.15. The fraction of sp³-hybridized carbons (Fsp3) is 0.214. The first-order valence-electron chi connectivity index (χ1n) is 6.00. The van der Waals surface area contributed by atoms with E-state index in [4.69, 9.17) is 21.8 Å². The van der Waals surface area contributed by atoms with Gasteiger partial charge < -0.3 is 15.1 Å². The summed E-state index contributed by atoms with van der Waals surface area (Å²) in [4.78, 5) is 14.6. The highest BCUT2D eigenvalue weighted by atomic mass is 35.5. The van der Waals surface area contributed by atoms with Gasteiger partial charge in [-0.15, -0.1) is 11.8 Å². The van der Waals surface area contributed by atoms with Crippen LogP contribution >= 0.6 is 23.4 Å². The lowest BCUT2D eigenvalue weighted by atomic mass is 10.3. The fourth-order valence-electron chi connectivity index (χ4n) is 1.58. The molecule has 4 nitrogen and oxygen atoms in total. The summed E-state index contributed by atoms with van der Waals surface area (Å²) in [5, 5.41) is 0.506. The van der Waals surface area contributed by atoms with Crippen LogP contribution in [0.25, 0.3) is 0 Å². The Hall–Kier alpha value is -1.59. The van der Waals surface area contributed by atoms with E-state index in [1.807, 2.05) is 12.1 Å². The molecule has 6 heteroatoms. The van der Waals surface area contributed by atoms with Crippen LogP contribution in [0.1, 0.15) is 5.76 Å². The van der Waals surface area contributed by atoms with E-state index in [1.54, 1.807) is 36.4 Å². The molecule has 0 saturated carbocycles. The van der Waals surface area contributed by atoms with Crippen molar-refractivity contribution in [2.45, 2.75) is 11.4 Å². The van der Waals surface area contributed by atoms with Crippen molar-refractivity contribution in [2.24, 2.45) is 0 Å². The molecule has 2 N–H and O–H groups in total. The van der Waals surface area contributed by atoms with Gasteiger partial charge in [-0.05, 0) is 30.3 Å². The Bertz CT molecular complexity index is 587. The second kappa shape index (κ2) is 6.72. The smallest absolute Gasteiger partial charge is 0.233 e. The number of benzene rings is 1. The third kappa shape index (κ3) is 3.95. The van der Waals surface area contributed by atoms with Crippen molar-refractivity contribution < 1.29 is 9.21 Å². The first-order valence-corrected chi connectivity index (χ1v) is 7.37. The number of amides is 1. The zero-order valence-electron chi connectivity index (χ0n) is 11.0. The second-order valence-electron chi connectivity index (χ2n) is 4.30. The number of halogens is 1. The molecule has 0 unspecified atom stereocenters. The molecule has 0 aliphatic heterocycles. The van der Waals surface area contributed by atoms with E-state index in [1.165, 1.54) is 11.8 Å². The molecular weight excluding hydrogens is 296 g/mol. The summed E-state index contributed by atoms with van der Waals surface area (Å²) < 4.78 is 5.21. The molecule has 0 spiro atoms. The van der Waals surface area contributed by atoms with Gasteiger partial charge in [0.25, 0.3) is 0 Å². The molecule has 106 valence electrons. The van der Waals surface area contributed by atoms with Crippen LogP contribution in [0.2, 0.25) is 5.02 Å². The molecular formula is C14H15ClN2O2S. The van der Waals surface area contributed by atoms with Crippen LogP contribution in [0, 0.1) is 0 Å². The van der Waals surface area contributed by atoms with Crippen molar-refractivity contribution in [3.8, 4) is 0 Å². The van der Waals surface area contributed by atoms with Crippen LogP contribution in [0.4, 0.5) is 5.69 Å². The van der Waals surface area contributed by atoms with E-state index in [0.29, 0.717) is 23.0 Å². The van der Waals surface area contributed by atoms with Crippen molar-refractivity contribution in [2.75, 3.05) is 18.5 Å². The lowest BCUT2D eigenvalue weighted by molar-refractivity contribution is -0.127. The topological polar surface area (TPSA) is 59.5 Å². The van der Waals surface area contributed by atoms with Crippen molar-refractivity contribution in [1.29, 1.82) is 0 Å². The van der Waals surface area contributed by atoms with E-state index in [9.17, 15) is 4.79 Å². The highest BCUT2D eigenvalue weighted by molar-refractivity contribution is 8.00. The first kappa shape index (κ1) is 14.8. The predicted molar refractivity (Wildman–Crippen MR) is 81.8 cm³/mol. The molecule has 0 aliphatic carbocycles. The zero-order valence-corrected chi connectivity index (χ0v) is 12.6. The maximum Gasteiger partial charge on any atom is 0.233 e. The molecule has 1 amide bonds. The number of furan rings is 1. The van der Waals surface area contributed by atoms with Crippen LogP contribution < -0.4 is 5.73 Å². The maximum atomic E-state index is 12.0. The zero-order chi connectivity index (χ0) is 14.5. The van der Waals surface area contributed by atoms with Crippen molar-refractivity contribution >= 4 is 35.0 Å². The third-order valence-corrected chi connectivity index (χ3v) is 4.04. The van der Waals surface area contributed by atoms with E-state index >= 15 is 0 Å². The van der Waals surface area contributed by atoms with Gasteiger partial charge in [0.1, 0.15) is 5.76 Å². The summed E-state index contributed by atoms with van der Waals surface area (Å²) in [5.41, 5.74) is 6.18. The molecule has 0 atom stereocenters. The highest BCUT2D eigenvalue weighted by Crippen LogP contribution is 2.26. The van der Waals surface area contributed by atoms with Crippen LogP contribution in [0.3, 0.4) is 0 Å². The number of anilines is 1. The van der Waals surface area contributed by atoms with Crippen LogP contribution in [0.15, 0.2) is 45.9 Å². The summed E-state index contributed by atoms with van der Waals surface area (Å²) in [6, 6.07) is 9.00. The van der Waals surface area contributed by atoms with E-state index in [2.05, 4.69) is 0 Å². The Morgan fingerprint density at radius 2 is 2.25 bits per heavy atom. The monoisotopic (exact) mass is 310 g/mol. The van der Waals surface area contributed by atoms with Gasteiger partial charge in [-0.1, -0.05) is 11.6 Å². The summed E-state index contributed by atoms with van der Waals surface area (Å²) >= 11 is 7.37. The van der Waals surface area contributed by atoms with Crippen LogP contribution in [-0.2, 0) is 11.3 Å². The minimum Gasteiger partial charge on any atom is -0.467 e. The Labute approximate surface area is 126 Å². The van der Waals surface area contributed by atoms with E-state index in [0.717, 1.165) is 10.7 Å². The number of thioether (sulfide) groups is 1. The summed E-state index contributed by atoms with van der Waals surface area (Å²) in [5.74, 6) is 1.14. The normalized spacial score (nSPS) is 10.5. The Balaban J connectivity index is 1.86. The predicted octanol–water partition coefficient (Wildman–Crippen LogP) is 3.27. The van der Waals surface area contributed by atoms with Gasteiger partial charge in [-0.25, -0.2) is 0 Å². The Kier molecular flexibility index (Phi) is 4.98. The molecule has 0 bridgehead atoms. The van der Waals surface area contributed by atoms with Crippen molar-refractivity contribution in [3.63, 3.8) is 0 Å². The molecule has 0 radical (unpaired) electrons. The molecule has 0 fully saturated rings. The van der Waals surface area contributed by atoms with Gasteiger partial charge >= 0.3 is 0 Å². The van der Waals surface area contributed by atoms with Crippen molar-refractivity contribution in [1.82, 2.24) is 4.90 Å². The van der Waals surface area contributed by atoms with Crippen LogP contribution in [-0.4, -0.2) is 23.6 Å². The lowest BCUT2D eigenvalue weighted by Crippen LogP contribution is -2.27. The molecule has 20 heavy (non-hydrogen) atoms. The van der Waals surface area contributed by atoms with Gasteiger partial charge in [0.15, 0.2) is 0 Å². The average molecular weight is 311 g/mol. The highest BCUT2D eigenvalue weighted by Gasteiger charge is 2.11. The number of nitrogens with two attached hydrogens (primary N) is 1. The van der Waals surface area contributed by atoms with Gasteiger partial charge in [-0.2, -0.15) is 0 Å².